The Morgan fingerprint density at radius 1 is 0.618 bits per heavy atom. The van der Waals surface area contributed by atoms with Gasteiger partial charge in [-0.05, 0) is 62.4 Å². The summed E-state index contributed by atoms with van der Waals surface area (Å²) in [6.07, 6.45) is 0. The van der Waals surface area contributed by atoms with Gasteiger partial charge in [-0.1, -0.05) is 24.3 Å². The van der Waals surface area contributed by atoms with Crippen molar-refractivity contribution < 1.29 is 9.47 Å². The van der Waals surface area contributed by atoms with Gasteiger partial charge in [0.1, 0.15) is 22.2 Å². The fourth-order valence-corrected chi connectivity index (χ4v) is 3.40. The van der Waals surface area contributed by atoms with E-state index in [4.69, 9.17) is 9.47 Å². The molecule has 0 aromatic heterocycles. The zero-order valence-corrected chi connectivity index (χ0v) is 18.9. The SMILES string of the molecule is CCOc1ccc(NN=c2c(=O)c(=O)c(=NNc3ccc(OCC)cc3)c3ccccc23)cc1. The average molecular weight is 457 g/mol. The van der Waals surface area contributed by atoms with Gasteiger partial charge < -0.3 is 9.47 Å². The van der Waals surface area contributed by atoms with E-state index in [9.17, 15) is 9.59 Å². The molecule has 4 aromatic carbocycles. The van der Waals surface area contributed by atoms with Gasteiger partial charge in [-0.25, -0.2) is 0 Å². The number of hydrogen-bond donors (Lipinski definition) is 2. The molecule has 0 radical (unpaired) electrons. The van der Waals surface area contributed by atoms with Crippen molar-refractivity contribution in [3.8, 4) is 11.5 Å². The first-order valence-corrected chi connectivity index (χ1v) is 10.9. The largest absolute Gasteiger partial charge is 0.494 e. The van der Waals surface area contributed by atoms with Gasteiger partial charge in [0, 0.05) is 10.8 Å². The number of hydrogen-bond acceptors (Lipinski definition) is 8. The third-order valence-electron chi connectivity index (χ3n) is 5.00. The first-order valence-electron chi connectivity index (χ1n) is 10.9. The van der Waals surface area contributed by atoms with E-state index in [0.717, 1.165) is 11.5 Å². The highest BCUT2D eigenvalue weighted by atomic mass is 16.5. The lowest BCUT2D eigenvalue weighted by Crippen LogP contribution is -2.48. The monoisotopic (exact) mass is 456 g/mol. The Labute approximate surface area is 195 Å². The second kappa shape index (κ2) is 10.4. The molecule has 0 bridgehead atoms. The van der Waals surface area contributed by atoms with E-state index in [1.807, 2.05) is 13.8 Å². The molecule has 0 aliphatic rings. The zero-order valence-electron chi connectivity index (χ0n) is 18.9. The Hall–Kier alpha value is -4.46. The van der Waals surface area contributed by atoms with Gasteiger partial charge in [-0.15, -0.1) is 0 Å². The molecule has 0 heterocycles. The number of nitrogens with one attached hydrogen (secondary N) is 2. The lowest BCUT2D eigenvalue weighted by Gasteiger charge is -2.05. The predicted octanol–water partition coefficient (Wildman–Crippen LogP) is 3.09. The van der Waals surface area contributed by atoms with E-state index in [1.54, 1.807) is 72.8 Å². The highest BCUT2D eigenvalue weighted by Gasteiger charge is 2.10. The Kier molecular flexibility index (Phi) is 6.98. The molecule has 0 unspecified atom stereocenters. The molecule has 4 rings (SSSR count). The quantitative estimate of drug-likeness (QED) is 0.312. The molecular weight excluding hydrogens is 432 g/mol. The summed E-state index contributed by atoms with van der Waals surface area (Å²) < 4.78 is 10.9. The Morgan fingerprint density at radius 3 is 1.35 bits per heavy atom. The van der Waals surface area contributed by atoms with Crippen molar-refractivity contribution in [3.05, 3.63) is 104 Å². The fraction of sp³-hybridized carbons (Fsp3) is 0.154. The van der Waals surface area contributed by atoms with Crippen molar-refractivity contribution in [2.24, 2.45) is 10.2 Å². The lowest BCUT2D eigenvalue weighted by molar-refractivity contribution is 0.340. The van der Waals surface area contributed by atoms with Crippen LogP contribution in [0.2, 0.25) is 0 Å². The van der Waals surface area contributed by atoms with Gasteiger partial charge in [0.2, 0.25) is 0 Å². The van der Waals surface area contributed by atoms with E-state index in [2.05, 4.69) is 21.1 Å². The van der Waals surface area contributed by atoms with Gasteiger partial charge >= 0.3 is 0 Å². The van der Waals surface area contributed by atoms with Crippen molar-refractivity contribution in [1.29, 1.82) is 0 Å². The normalized spacial score (nSPS) is 12.1. The Balaban J connectivity index is 1.72. The minimum atomic E-state index is -0.732. The number of benzene rings is 4. The maximum absolute atomic E-state index is 12.9. The maximum atomic E-state index is 12.9. The van der Waals surface area contributed by atoms with E-state index >= 15 is 0 Å². The summed E-state index contributed by atoms with van der Waals surface area (Å²) in [5, 5.41) is 9.62. The maximum Gasteiger partial charge on any atom is 0.256 e. The number of rotatable bonds is 8. The number of nitrogens with zero attached hydrogens (tertiary/aromatic N) is 2. The van der Waals surface area contributed by atoms with Gasteiger partial charge in [0.15, 0.2) is 0 Å². The topological polar surface area (TPSA) is 101 Å². The summed E-state index contributed by atoms with van der Waals surface area (Å²) in [5.41, 5.74) is 5.56. The number of fused-ring (bicyclic) bond motifs is 1. The molecule has 8 nitrogen and oxygen atoms in total. The molecule has 8 heteroatoms. The molecule has 0 aliphatic heterocycles. The fourth-order valence-electron chi connectivity index (χ4n) is 3.40. The second-order valence-corrected chi connectivity index (χ2v) is 7.26. The van der Waals surface area contributed by atoms with Gasteiger partial charge in [-0.3, -0.25) is 20.4 Å². The van der Waals surface area contributed by atoms with Crippen LogP contribution in [0, 0.1) is 0 Å². The first-order chi connectivity index (χ1) is 16.6. The summed E-state index contributed by atoms with van der Waals surface area (Å²) in [5.74, 6) is 1.46. The van der Waals surface area contributed by atoms with Crippen LogP contribution in [-0.4, -0.2) is 13.2 Å². The molecule has 172 valence electrons. The second-order valence-electron chi connectivity index (χ2n) is 7.26. The van der Waals surface area contributed by atoms with Crippen LogP contribution < -0.4 is 41.9 Å². The summed E-state index contributed by atoms with van der Waals surface area (Å²) >= 11 is 0. The molecule has 0 saturated carbocycles. The van der Waals surface area contributed by atoms with Crippen LogP contribution in [0.4, 0.5) is 11.4 Å². The highest BCUT2D eigenvalue weighted by molar-refractivity contribution is 5.81. The van der Waals surface area contributed by atoms with E-state index in [1.165, 1.54) is 0 Å². The average Bonchev–Trinajstić information content (AvgIpc) is 2.86. The molecule has 0 aliphatic carbocycles. The molecule has 0 amide bonds. The highest BCUT2D eigenvalue weighted by Crippen LogP contribution is 2.16. The first kappa shape index (κ1) is 22.7. The molecule has 0 spiro atoms. The van der Waals surface area contributed by atoms with Crippen LogP contribution >= 0.6 is 0 Å². The summed E-state index contributed by atoms with van der Waals surface area (Å²) in [6.45, 7) is 4.96. The lowest BCUT2D eigenvalue weighted by atomic mass is 10.1. The minimum Gasteiger partial charge on any atom is -0.494 e. The number of ether oxygens (including phenoxy) is 2. The Bertz CT molecular complexity index is 1390. The predicted molar refractivity (Wildman–Crippen MR) is 132 cm³/mol. The van der Waals surface area contributed by atoms with Crippen LogP contribution in [-0.2, 0) is 0 Å². The smallest absolute Gasteiger partial charge is 0.256 e. The minimum absolute atomic E-state index is 0.0366. The van der Waals surface area contributed by atoms with E-state index in [0.29, 0.717) is 35.4 Å². The number of anilines is 2. The molecule has 2 N–H and O–H groups in total. The van der Waals surface area contributed by atoms with Crippen molar-refractivity contribution in [2.45, 2.75) is 13.8 Å². The molecule has 0 fully saturated rings. The van der Waals surface area contributed by atoms with E-state index in [-0.39, 0.29) is 10.7 Å². The van der Waals surface area contributed by atoms with Crippen molar-refractivity contribution in [2.75, 3.05) is 24.1 Å². The standard InChI is InChI=1S/C26H24N4O4/c1-3-33-19-13-9-17(10-14-19)27-29-23-21-7-5-6-8-22(21)24(26(32)25(23)31)30-28-18-11-15-20(16-12-18)34-4-2/h5-16,27-28H,3-4H2,1-2H3. The molecule has 4 aromatic rings. The van der Waals surface area contributed by atoms with Gasteiger partial charge in [-0.2, -0.15) is 10.2 Å². The van der Waals surface area contributed by atoms with E-state index < -0.39 is 10.9 Å². The van der Waals surface area contributed by atoms with Crippen molar-refractivity contribution in [1.82, 2.24) is 0 Å². The van der Waals surface area contributed by atoms with Gasteiger partial charge in [0.25, 0.3) is 10.9 Å². The van der Waals surface area contributed by atoms with Crippen LogP contribution in [0.5, 0.6) is 11.5 Å². The third-order valence-corrected chi connectivity index (χ3v) is 5.00. The molecule has 0 atom stereocenters. The molecular formula is C26H24N4O4. The summed E-state index contributed by atoms with van der Waals surface area (Å²) in [4.78, 5) is 25.8. The van der Waals surface area contributed by atoms with Crippen molar-refractivity contribution in [3.63, 3.8) is 0 Å². The Morgan fingerprint density at radius 2 is 1.00 bits per heavy atom. The molecule has 0 saturated heterocycles. The van der Waals surface area contributed by atoms with Gasteiger partial charge in [0.05, 0.1) is 24.6 Å². The summed E-state index contributed by atoms with van der Waals surface area (Å²) in [7, 11) is 0. The van der Waals surface area contributed by atoms with Crippen LogP contribution in [0.15, 0.2) is 92.6 Å². The molecule has 34 heavy (non-hydrogen) atoms. The third kappa shape index (κ3) is 4.96. The van der Waals surface area contributed by atoms with Crippen LogP contribution in [0.3, 0.4) is 0 Å². The van der Waals surface area contributed by atoms with Crippen LogP contribution in [0.25, 0.3) is 10.8 Å². The van der Waals surface area contributed by atoms with Crippen molar-refractivity contribution >= 4 is 22.1 Å². The van der Waals surface area contributed by atoms with Crippen LogP contribution in [0.1, 0.15) is 13.8 Å². The zero-order chi connectivity index (χ0) is 23.9. The summed E-state index contributed by atoms with van der Waals surface area (Å²) in [6, 6.07) is 21.4.